The zero-order chi connectivity index (χ0) is 17.6. The summed E-state index contributed by atoms with van der Waals surface area (Å²) in [5, 5.41) is 0. The van der Waals surface area contributed by atoms with Crippen LogP contribution in [-0.4, -0.2) is 56.1 Å². The monoisotopic (exact) mass is 346 g/mol. The summed E-state index contributed by atoms with van der Waals surface area (Å²) in [5.74, 6) is 2.07. The van der Waals surface area contributed by atoms with E-state index >= 15 is 0 Å². The highest BCUT2D eigenvalue weighted by Crippen LogP contribution is 2.32. The van der Waals surface area contributed by atoms with E-state index in [2.05, 4.69) is 15.9 Å². The van der Waals surface area contributed by atoms with Crippen molar-refractivity contribution in [2.75, 3.05) is 40.4 Å². The predicted molar refractivity (Wildman–Crippen MR) is 98.0 cm³/mol. The first-order valence-electron chi connectivity index (χ1n) is 9.44. The molecule has 2 aliphatic rings. The van der Waals surface area contributed by atoms with Gasteiger partial charge in [-0.2, -0.15) is 0 Å². The number of carbonyl (C=O) groups excluding carboxylic acids is 1. The highest BCUT2D eigenvalue weighted by Gasteiger charge is 2.30. The van der Waals surface area contributed by atoms with Crippen LogP contribution in [0.5, 0.6) is 11.5 Å². The molecular formula is C20H30N2O3. The molecule has 1 amide bonds. The van der Waals surface area contributed by atoms with Crippen molar-refractivity contribution in [2.24, 2.45) is 5.92 Å². The van der Waals surface area contributed by atoms with Crippen LogP contribution in [0.1, 0.15) is 37.7 Å². The molecule has 2 heterocycles. The highest BCUT2D eigenvalue weighted by atomic mass is 16.5. The van der Waals surface area contributed by atoms with Gasteiger partial charge in [-0.1, -0.05) is 12.1 Å². The maximum Gasteiger partial charge on any atom is 0.226 e. The van der Waals surface area contributed by atoms with Crippen molar-refractivity contribution in [3.8, 4) is 11.5 Å². The molecule has 0 spiro atoms. The third kappa shape index (κ3) is 4.27. The van der Waals surface area contributed by atoms with E-state index in [1.165, 1.54) is 6.42 Å². The molecule has 0 bridgehead atoms. The summed E-state index contributed by atoms with van der Waals surface area (Å²) in [6, 6.07) is 6.00. The topological polar surface area (TPSA) is 42.0 Å². The molecule has 3 rings (SSSR count). The number of benzene rings is 1. The van der Waals surface area contributed by atoms with Crippen LogP contribution in [0.15, 0.2) is 18.2 Å². The highest BCUT2D eigenvalue weighted by molar-refractivity contribution is 5.79. The van der Waals surface area contributed by atoms with Crippen molar-refractivity contribution >= 4 is 5.91 Å². The molecule has 0 saturated carbocycles. The van der Waals surface area contributed by atoms with Crippen LogP contribution < -0.4 is 9.47 Å². The summed E-state index contributed by atoms with van der Waals surface area (Å²) in [5.41, 5.74) is 1.12. The molecule has 0 aromatic heterocycles. The summed E-state index contributed by atoms with van der Waals surface area (Å²) in [6.45, 7) is 4.56. The average molecular weight is 346 g/mol. The number of hydrogen-bond donors (Lipinski definition) is 0. The second-order valence-corrected chi connectivity index (χ2v) is 7.11. The number of carbonyl (C=O) groups is 1. The van der Waals surface area contributed by atoms with E-state index in [-0.39, 0.29) is 5.92 Å². The Bertz CT molecular complexity index is 584. The molecule has 2 fully saturated rings. The number of hydrogen-bond acceptors (Lipinski definition) is 4. The van der Waals surface area contributed by atoms with Gasteiger partial charge in [0, 0.05) is 31.7 Å². The molecule has 5 nitrogen and oxygen atoms in total. The largest absolute Gasteiger partial charge is 0.493 e. The molecule has 0 radical (unpaired) electrons. The first-order chi connectivity index (χ1) is 12.2. The molecule has 0 N–H and O–H groups in total. The normalized spacial score (nSPS) is 21.8. The minimum Gasteiger partial charge on any atom is -0.493 e. The van der Waals surface area contributed by atoms with E-state index in [1.807, 2.05) is 12.1 Å². The molecule has 1 aromatic carbocycles. The molecule has 5 heteroatoms. The molecule has 25 heavy (non-hydrogen) atoms. The van der Waals surface area contributed by atoms with E-state index in [1.54, 1.807) is 14.2 Å². The summed E-state index contributed by atoms with van der Waals surface area (Å²) >= 11 is 0. The van der Waals surface area contributed by atoms with Crippen molar-refractivity contribution in [1.29, 1.82) is 0 Å². The molecule has 2 aliphatic heterocycles. The van der Waals surface area contributed by atoms with Gasteiger partial charge < -0.3 is 14.4 Å². The van der Waals surface area contributed by atoms with Gasteiger partial charge in [-0.15, -0.1) is 0 Å². The number of methoxy groups -OCH3 is 2. The predicted octanol–water partition coefficient (Wildman–Crippen LogP) is 2.93. The Morgan fingerprint density at radius 2 is 1.88 bits per heavy atom. The fraction of sp³-hybridized carbons (Fsp3) is 0.650. The number of amides is 1. The first-order valence-corrected chi connectivity index (χ1v) is 9.44. The lowest BCUT2D eigenvalue weighted by atomic mass is 9.95. The summed E-state index contributed by atoms with van der Waals surface area (Å²) < 4.78 is 11.0. The molecule has 138 valence electrons. The zero-order valence-corrected chi connectivity index (χ0v) is 15.5. The van der Waals surface area contributed by atoms with Gasteiger partial charge in [0.1, 0.15) is 0 Å². The van der Waals surface area contributed by atoms with Gasteiger partial charge in [-0.25, -0.2) is 0 Å². The Labute approximate surface area is 150 Å². The van der Waals surface area contributed by atoms with Crippen LogP contribution in [0, 0.1) is 5.92 Å². The fourth-order valence-corrected chi connectivity index (χ4v) is 4.09. The molecule has 0 unspecified atom stereocenters. The SMILES string of the molecule is COc1cccc(CN2CCC[C@@H](C(=O)N3CCCCC3)C2)c1OC. The third-order valence-electron chi connectivity index (χ3n) is 5.40. The molecule has 2 saturated heterocycles. The van der Waals surface area contributed by atoms with E-state index in [0.717, 1.165) is 75.5 Å². The number of nitrogens with zero attached hydrogens (tertiary/aromatic N) is 2. The Morgan fingerprint density at radius 3 is 2.60 bits per heavy atom. The van der Waals surface area contributed by atoms with Crippen molar-refractivity contribution in [1.82, 2.24) is 9.80 Å². The van der Waals surface area contributed by atoms with Crippen molar-refractivity contribution in [2.45, 2.75) is 38.6 Å². The third-order valence-corrected chi connectivity index (χ3v) is 5.40. The summed E-state index contributed by atoms with van der Waals surface area (Å²) in [6.07, 6.45) is 5.67. The van der Waals surface area contributed by atoms with Crippen molar-refractivity contribution < 1.29 is 14.3 Å². The first kappa shape index (κ1) is 18.1. The van der Waals surface area contributed by atoms with Gasteiger partial charge >= 0.3 is 0 Å². The van der Waals surface area contributed by atoms with E-state index < -0.39 is 0 Å². The lowest BCUT2D eigenvalue weighted by molar-refractivity contribution is -0.138. The standard InChI is InChI=1S/C20H30N2O3/c1-24-18-10-6-8-16(19(18)25-2)14-21-11-7-9-17(15-21)20(23)22-12-4-3-5-13-22/h6,8,10,17H,3-5,7,9,11-15H2,1-2H3/t17-/m1/s1. The molecule has 0 aliphatic carbocycles. The van der Waals surface area contributed by atoms with Crippen LogP contribution >= 0.6 is 0 Å². The maximum absolute atomic E-state index is 12.8. The maximum atomic E-state index is 12.8. The minimum atomic E-state index is 0.142. The molecular weight excluding hydrogens is 316 g/mol. The molecule has 1 atom stereocenters. The summed E-state index contributed by atoms with van der Waals surface area (Å²) in [4.78, 5) is 17.3. The number of ether oxygens (including phenoxy) is 2. The second-order valence-electron chi connectivity index (χ2n) is 7.11. The van der Waals surface area contributed by atoms with Crippen LogP contribution in [0.25, 0.3) is 0 Å². The lowest BCUT2D eigenvalue weighted by Crippen LogP contribution is -2.46. The average Bonchev–Trinajstić information content (AvgIpc) is 2.68. The van der Waals surface area contributed by atoms with Crippen LogP contribution in [0.3, 0.4) is 0 Å². The van der Waals surface area contributed by atoms with E-state index in [4.69, 9.17) is 9.47 Å². The van der Waals surface area contributed by atoms with Crippen molar-refractivity contribution in [3.05, 3.63) is 23.8 Å². The van der Waals surface area contributed by atoms with Gasteiger partial charge in [0.05, 0.1) is 20.1 Å². The van der Waals surface area contributed by atoms with Crippen LogP contribution in [0.4, 0.5) is 0 Å². The Morgan fingerprint density at radius 1 is 1.08 bits per heavy atom. The van der Waals surface area contributed by atoms with Gasteiger partial charge in [0.25, 0.3) is 0 Å². The molecule has 1 aromatic rings. The van der Waals surface area contributed by atoms with Gasteiger partial charge in [0.2, 0.25) is 5.91 Å². The van der Waals surface area contributed by atoms with Crippen molar-refractivity contribution in [3.63, 3.8) is 0 Å². The van der Waals surface area contributed by atoms with Crippen LogP contribution in [-0.2, 0) is 11.3 Å². The number of likely N-dealkylation sites (tertiary alicyclic amines) is 2. The number of piperidine rings is 2. The minimum absolute atomic E-state index is 0.142. The zero-order valence-electron chi connectivity index (χ0n) is 15.5. The van der Waals surface area contributed by atoms with Gasteiger partial charge in [0.15, 0.2) is 11.5 Å². The van der Waals surface area contributed by atoms with Crippen LogP contribution in [0.2, 0.25) is 0 Å². The smallest absolute Gasteiger partial charge is 0.226 e. The van der Waals surface area contributed by atoms with Gasteiger partial charge in [-0.3, -0.25) is 9.69 Å². The number of rotatable bonds is 5. The Kier molecular flexibility index (Phi) is 6.19. The quantitative estimate of drug-likeness (QED) is 0.822. The Hall–Kier alpha value is -1.75. The summed E-state index contributed by atoms with van der Waals surface area (Å²) in [7, 11) is 3.34. The fourth-order valence-electron chi connectivity index (χ4n) is 4.09. The lowest BCUT2D eigenvalue weighted by Gasteiger charge is -2.36. The Balaban J connectivity index is 1.65. The van der Waals surface area contributed by atoms with E-state index in [9.17, 15) is 4.79 Å². The van der Waals surface area contributed by atoms with E-state index in [0.29, 0.717) is 5.91 Å². The van der Waals surface area contributed by atoms with Gasteiger partial charge in [-0.05, 0) is 44.7 Å². The number of para-hydroxylation sites is 1. The second kappa shape index (κ2) is 8.56.